The highest BCUT2D eigenvalue weighted by Crippen LogP contribution is 2.33. The van der Waals surface area contributed by atoms with Gasteiger partial charge < -0.3 is 14.9 Å². The topological polar surface area (TPSA) is 51.6 Å². The van der Waals surface area contributed by atoms with Crippen LogP contribution in [0.2, 0.25) is 10.0 Å². The van der Waals surface area contributed by atoms with Crippen molar-refractivity contribution < 1.29 is 9.15 Å². The van der Waals surface area contributed by atoms with Crippen molar-refractivity contribution in [1.82, 2.24) is 4.90 Å². The number of nitrogens with two attached hydrogens (primary N) is 1. The number of hydrogen-bond acceptors (Lipinski definition) is 4. The van der Waals surface area contributed by atoms with Gasteiger partial charge in [-0.3, -0.25) is 4.90 Å². The van der Waals surface area contributed by atoms with Crippen LogP contribution in [-0.4, -0.2) is 24.5 Å². The van der Waals surface area contributed by atoms with E-state index in [1.54, 1.807) is 18.4 Å². The third-order valence-electron chi connectivity index (χ3n) is 3.53. The van der Waals surface area contributed by atoms with E-state index < -0.39 is 0 Å². The number of nitrogens with zero attached hydrogens (tertiary/aromatic N) is 1. The Hall–Kier alpha value is -1.20. The van der Waals surface area contributed by atoms with E-state index in [0.29, 0.717) is 22.3 Å². The van der Waals surface area contributed by atoms with Crippen LogP contribution >= 0.6 is 23.2 Å². The summed E-state index contributed by atoms with van der Waals surface area (Å²) in [4.78, 5) is 2.22. The summed E-state index contributed by atoms with van der Waals surface area (Å²) in [5, 5.41) is 0.998. The van der Waals surface area contributed by atoms with Crippen molar-refractivity contribution in [2.24, 2.45) is 5.73 Å². The standard InChI is InChI=1S/C15H16Cl2N2O2/c16-12-2-1-10(7-13(12)17)21-15-9-19(5-4-18)8-14-11(15)3-6-20-14/h1-3,6-7,15H,4-5,8-9,18H2. The summed E-state index contributed by atoms with van der Waals surface area (Å²) in [7, 11) is 0. The zero-order valence-corrected chi connectivity index (χ0v) is 12.9. The Labute approximate surface area is 133 Å². The Balaban J connectivity index is 1.82. The molecule has 1 aromatic carbocycles. The molecule has 0 aliphatic carbocycles. The molecule has 0 saturated heterocycles. The van der Waals surface area contributed by atoms with E-state index in [-0.39, 0.29) is 6.10 Å². The summed E-state index contributed by atoms with van der Waals surface area (Å²) in [6.07, 6.45) is 1.60. The molecule has 0 spiro atoms. The lowest BCUT2D eigenvalue weighted by Gasteiger charge is -2.31. The molecule has 0 radical (unpaired) electrons. The maximum atomic E-state index is 6.07. The van der Waals surface area contributed by atoms with Gasteiger partial charge >= 0.3 is 0 Å². The highest BCUT2D eigenvalue weighted by atomic mass is 35.5. The summed E-state index contributed by atoms with van der Waals surface area (Å²) >= 11 is 12.0. The summed E-state index contributed by atoms with van der Waals surface area (Å²) in [5.74, 6) is 1.62. The van der Waals surface area contributed by atoms with Gasteiger partial charge in [0.25, 0.3) is 0 Å². The summed E-state index contributed by atoms with van der Waals surface area (Å²) in [5.41, 5.74) is 6.72. The lowest BCUT2D eigenvalue weighted by Crippen LogP contribution is -2.38. The molecule has 2 aromatic rings. The van der Waals surface area contributed by atoms with Gasteiger partial charge in [-0.15, -0.1) is 0 Å². The molecule has 2 N–H and O–H groups in total. The molecule has 1 atom stereocenters. The predicted octanol–water partition coefficient (Wildman–Crippen LogP) is 3.48. The van der Waals surface area contributed by atoms with Crippen molar-refractivity contribution in [3.05, 3.63) is 51.9 Å². The molecule has 0 fully saturated rings. The van der Waals surface area contributed by atoms with E-state index in [1.807, 2.05) is 12.1 Å². The number of furan rings is 1. The number of benzene rings is 1. The maximum absolute atomic E-state index is 6.07. The van der Waals surface area contributed by atoms with E-state index >= 15 is 0 Å². The van der Waals surface area contributed by atoms with Crippen LogP contribution < -0.4 is 10.5 Å². The fraction of sp³-hybridized carbons (Fsp3) is 0.333. The highest BCUT2D eigenvalue weighted by molar-refractivity contribution is 6.42. The van der Waals surface area contributed by atoms with Gasteiger partial charge in [0.15, 0.2) is 0 Å². The van der Waals surface area contributed by atoms with Crippen molar-refractivity contribution >= 4 is 23.2 Å². The Morgan fingerprint density at radius 1 is 1.29 bits per heavy atom. The van der Waals surface area contributed by atoms with E-state index in [1.165, 1.54) is 0 Å². The summed E-state index contributed by atoms with van der Waals surface area (Å²) in [6, 6.07) is 7.23. The number of ether oxygens (including phenoxy) is 1. The lowest BCUT2D eigenvalue weighted by atomic mass is 10.0. The smallest absolute Gasteiger partial charge is 0.140 e. The molecule has 0 amide bonds. The van der Waals surface area contributed by atoms with Crippen LogP contribution in [0.3, 0.4) is 0 Å². The van der Waals surface area contributed by atoms with E-state index in [0.717, 1.165) is 31.0 Å². The lowest BCUT2D eigenvalue weighted by molar-refractivity contribution is 0.104. The Morgan fingerprint density at radius 2 is 2.14 bits per heavy atom. The van der Waals surface area contributed by atoms with E-state index in [9.17, 15) is 0 Å². The molecule has 21 heavy (non-hydrogen) atoms. The number of hydrogen-bond donors (Lipinski definition) is 1. The van der Waals surface area contributed by atoms with E-state index in [2.05, 4.69) is 4.90 Å². The van der Waals surface area contributed by atoms with Gasteiger partial charge in [0.05, 0.1) is 22.9 Å². The molecule has 0 bridgehead atoms. The summed E-state index contributed by atoms with van der Waals surface area (Å²) < 4.78 is 11.6. The van der Waals surface area contributed by atoms with Crippen LogP contribution in [0, 0.1) is 0 Å². The summed E-state index contributed by atoms with van der Waals surface area (Å²) in [6.45, 7) is 2.95. The zero-order valence-electron chi connectivity index (χ0n) is 11.4. The molecule has 1 aliphatic heterocycles. The van der Waals surface area contributed by atoms with Crippen LogP contribution in [0.15, 0.2) is 34.9 Å². The van der Waals surface area contributed by atoms with Gasteiger partial charge in [0.2, 0.25) is 0 Å². The molecule has 3 rings (SSSR count). The SMILES string of the molecule is NCCN1Cc2occc2C(Oc2ccc(Cl)c(Cl)c2)C1. The molecule has 112 valence electrons. The monoisotopic (exact) mass is 326 g/mol. The van der Waals surface area contributed by atoms with Crippen LogP contribution in [0.25, 0.3) is 0 Å². The van der Waals surface area contributed by atoms with Crippen molar-refractivity contribution in [3.63, 3.8) is 0 Å². The first-order valence-corrected chi connectivity index (χ1v) is 7.53. The Morgan fingerprint density at radius 3 is 2.90 bits per heavy atom. The predicted molar refractivity (Wildman–Crippen MR) is 82.9 cm³/mol. The second-order valence-electron chi connectivity index (χ2n) is 5.01. The molecule has 2 heterocycles. The van der Waals surface area contributed by atoms with Crippen molar-refractivity contribution in [2.45, 2.75) is 12.6 Å². The van der Waals surface area contributed by atoms with Crippen molar-refractivity contribution in [1.29, 1.82) is 0 Å². The zero-order chi connectivity index (χ0) is 14.8. The largest absolute Gasteiger partial charge is 0.484 e. The van der Waals surface area contributed by atoms with Gasteiger partial charge in [-0.25, -0.2) is 0 Å². The average molecular weight is 327 g/mol. The second kappa shape index (κ2) is 6.28. The third-order valence-corrected chi connectivity index (χ3v) is 4.27. The molecule has 0 saturated carbocycles. The van der Waals surface area contributed by atoms with Crippen molar-refractivity contribution in [2.75, 3.05) is 19.6 Å². The second-order valence-corrected chi connectivity index (χ2v) is 5.82. The molecule has 1 aliphatic rings. The quantitative estimate of drug-likeness (QED) is 0.934. The molecular formula is C15H16Cl2N2O2. The third kappa shape index (κ3) is 3.19. The van der Waals surface area contributed by atoms with Crippen LogP contribution in [-0.2, 0) is 6.54 Å². The van der Waals surface area contributed by atoms with Gasteiger partial charge in [-0.2, -0.15) is 0 Å². The number of halogens is 2. The maximum Gasteiger partial charge on any atom is 0.140 e. The minimum Gasteiger partial charge on any atom is -0.484 e. The first-order chi connectivity index (χ1) is 10.2. The highest BCUT2D eigenvalue weighted by Gasteiger charge is 2.28. The fourth-order valence-corrected chi connectivity index (χ4v) is 2.82. The van der Waals surface area contributed by atoms with Gasteiger partial charge in [-0.1, -0.05) is 23.2 Å². The average Bonchev–Trinajstić information content (AvgIpc) is 2.92. The first-order valence-electron chi connectivity index (χ1n) is 6.78. The minimum absolute atomic E-state index is 0.101. The first kappa shape index (κ1) is 14.7. The van der Waals surface area contributed by atoms with E-state index in [4.69, 9.17) is 38.1 Å². The van der Waals surface area contributed by atoms with Crippen molar-refractivity contribution in [3.8, 4) is 5.75 Å². The van der Waals surface area contributed by atoms with Gasteiger partial charge in [-0.05, 0) is 18.2 Å². The van der Waals surface area contributed by atoms with Crippen LogP contribution in [0.4, 0.5) is 0 Å². The Bertz CT molecular complexity index is 630. The normalized spacial score (nSPS) is 18.5. The number of rotatable bonds is 4. The fourth-order valence-electron chi connectivity index (χ4n) is 2.53. The number of fused-ring (bicyclic) bond motifs is 1. The van der Waals surface area contributed by atoms with Gasteiger partial charge in [0, 0.05) is 31.3 Å². The molecular weight excluding hydrogens is 311 g/mol. The molecule has 4 nitrogen and oxygen atoms in total. The molecule has 1 aromatic heterocycles. The molecule has 6 heteroatoms. The van der Waals surface area contributed by atoms with Gasteiger partial charge in [0.1, 0.15) is 17.6 Å². The Kier molecular flexibility index (Phi) is 4.40. The molecule has 1 unspecified atom stereocenters. The van der Waals surface area contributed by atoms with Crippen LogP contribution in [0.1, 0.15) is 17.4 Å². The minimum atomic E-state index is -0.101. The van der Waals surface area contributed by atoms with Crippen LogP contribution in [0.5, 0.6) is 5.75 Å².